The molecule has 0 radical (unpaired) electrons. The number of carbonyl (C=O) groups excluding carboxylic acids is 2. The Morgan fingerprint density at radius 1 is 0.656 bits per heavy atom. The topological polar surface area (TPSA) is 43.4 Å². The highest BCUT2D eigenvalue weighted by Crippen LogP contribution is 2.31. The molecule has 4 rings (SSSR count). The lowest BCUT2D eigenvalue weighted by molar-refractivity contribution is 0.0601. The average molecular weight is 461 g/mol. The van der Waals surface area contributed by atoms with Crippen molar-refractivity contribution < 1.29 is 14.3 Å². The van der Waals surface area contributed by atoms with Crippen LogP contribution in [0.2, 0.25) is 10.0 Å². The summed E-state index contributed by atoms with van der Waals surface area (Å²) >= 11 is 12.3. The maximum Gasteiger partial charge on any atom is 0.338 e. The second-order valence-corrected chi connectivity index (χ2v) is 8.02. The molecule has 0 bridgehead atoms. The molecular weight excluding hydrogens is 443 g/mol. The number of carbonyl (C=O) groups is 2. The summed E-state index contributed by atoms with van der Waals surface area (Å²) in [6.07, 6.45) is 0. The van der Waals surface area contributed by atoms with E-state index in [1.807, 2.05) is 42.5 Å². The highest BCUT2D eigenvalue weighted by atomic mass is 35.5. The van der Waals surface area contributed by atoms with Gasteiger partial charge >= 0.3 is 5.97 Å². The van der Waals surface area contributed by atoms with Crippen molar-refractivity contribution in [2.24, 2.45) is 0 Å². The summed E-state index contributed by atoms with van der Waals surface area (Å²) in [7, 11) is 1.31. The molecule has 0 unspecified atom stereocenters. The van der Waals surface area contributed by atoms with Crippen LogP contribution in [0.5, 0.6) is 0 Å². The van der Waals surface area contributed by atoms with E-state index < -0.39 is 5.97 Å². The minimum atomic E-state index is -0.530. The molecule has 0 saturated heterocycles. The van der Waals surface area contributed by atoms with E-state index in [-0.39, 0.29) is 5.78 Å². The van der Waals surface area contributed by atoms with Crippen molar-refractivity contribution in [1.82, 2.24) is 0 Å². The molecule has 3 nitrogen and oxygen atoms in total. The van der Waals surface area contributed by atoms with Crippen molar-refractivity contribution in [2.45, 2.75) is 0 Å². The lowest BCUT2D eigenvalue weighted by Gasteiger charge is -2.13. The first kappa shape index (κ1) is 21.8. The normalized spacial score (nSPS) is 10.6. The lowest BCUT2D eigenvalue weighted by Crippen LogP contribution is -2.09. The van der Waals surface area contributed by atoms with Crippen LogP contribution in [0, 0.1) is 0 Å². The number of benzene rings is 4. The van der Waals surface area contributed by atoms with Gasteiger partial charge in [-0.25, -0.2) is 4.79 Å². The quantitative estimate of drug-likeness (QED) is 0.231. The number of hydrogen-bond donors (Lipinski definition) is 0. The molecule has 0 spiro atoms. The fourth-order valence-corrected chi connectivity index (χ4v) is 4.00. The van der Waals surface area contributed by atoms with Gasteiger partial charge in [-0.15, -0.1) is 0 Å². The fraction of sp³-hybridized carbons (Fsp3) is 0.0370. The standard InChI is InChI=1S/C27H18Cl2O3/c1-32-27(31)25-16-19(12-13-23(25)18-7-5-9-21(29)15-18)26(30)24-11-3-2-10-22(24)17-6-4-8-20(28)14-17/h2-16H,1H3. The molecule has 0 fully saturated rings. The van der Waals surface area contributed by atoms with Gasteiger partial charge < -0.3 is 4.74 Å². The molecule has 4 aromatic rings. The summed E-state index contributed by atoms with van der Waals surface area (Å²) in [5, 5.41) is 1.14. The molecule has 4 aromatic carbocycles. The van der Waals surface area contributed by atoms with Crippen molar-refractivity contribution in [3.8, 4) is 22.3 Å². The molecule has 0 atom stereocenters. The van der Waals surface area contributed by atoms with Gasteiger partial charge in [0.05, 0.1) is 12.7 Å². The molecule has 0 saturated carbocycles. The van der Waals surface area contributed by atoms with Gasteiger partial charge in [0, 0.05) is 21.2 Å². The SMILES string of the molecule is COC(=O)c1cc(C(=O)c2ccccc2-c2cccc(Cl)c2)ccc1-c1cccc(Cl)c1. The molecule has 0 N–H and O–H groups in total. The first-order valence-corrected chi connectivity index (χ1v) is 10.6. The van der Waals surface area contributed by atoms with Crippen LogP contribution in [-0.4, -0.2) is 18.9 Å². The van der Waals surface area contributed by atoms with Crippen molar-refractivity contribution in [1.29, 1.82) is 0 Å². The van der Waals surface area contributed by atoms with E-state index in [9.17, 15) is 9.59 Å². The van der Waals surface area contributed by atoms with Crippen LogP contribution in [0.15, 0.2) is 91.0 Å². The third kappa shape index (κ3) is 4.45. The minimum absolute atomic E-state index is 0.205. The number of esters is 1. The predicted octanol–water partition coefficient (Wildman–Crippen LogP) is 7.35. The number of ketones is 1. The summed E-state index contributed by atoms with van der Waals surface area (Å²) in [4.78, 5) is 26.0. The van der Waals surface area contributed by atoms with Crippen LogP contribution in [0.25, 0.3) is 22.3 Å². The van der Waals surface area contributed by atoms with Crippen LogP contribution in [-0.2, 0) is 4.74 Å². The van der Waals surface area contributed by atoms with Gasteiger partial charge in [0.1, 0.15) is 0 Å². The Balaban J connectivity index is 1.82. The summed E-state index contributed by atoms with van der Waals surface area (Å²) in [6.45, 7) is 0. The summed E-state index contributed by atoms with van der Waals surface area (Å²) in [6, 6.07) is 26.9. The smallest absolute Gasteiger partial charge is 0.338 e. The van der Waals surface area contributed by atoms with Crippen LogP contribution in [0.4, 0.5) is 0 Å². The zero-order chi connectivity index (χ0) is 22.7. The lowest BCUT2D eigenvalue weighted by atomic mass is 9.91. The van der Waals surface area contributed by atoms with Crippen LogP contribution in [0.1, 0.15) is 26.3 Å². The Hall–Kier alpha value is -3.40. The van der Waals surface area contributed by atoms with Gasteiger partial charge in [0.15, 0.2) is 5.78 Å². The summed E-state index contributed by atoms with van der Waals surface area (Å²) < 4.78 is 4.98. The van der Waals surface area contributed by atoms with E-state index in [0.717, 1.165) is 16.7 Å². The van der Waals surface area contributed by atoms with E-state index in [1.165, 1.54) is 7.11 Å². The summed E-state index contributed by atoms with van der Waals surface area (Å²) in [5.41, 5.74) is 4.19. The molecule has 0 amide bonds. The Kier molecular flexibility index (Phi) is 6.40. The summed E-state index contributed by atoms with van der Waals surface area (Å²) in [5.74, 6) is -0.735. The van der Waals surface area contributed by atoms with Gasteiger partial charge in [-0.05, 0) is 52.6 Å². The van der Waals surface area contributed by atoms with E-state index in [2.05, 4.69) is 0 Å². The van der Waals surface area contributed by atoms with Crippen molar-refractivity contribution in [3.05, 3.63) is 118 Å². The van der Waals surface area contributed by atoms with E-state index in [0.29, 0.717) is 32.3 Å². The number of hydrogen-bond acceptors (Lipinski definition) is 3. The van der Waals surface area contributed by atoms with E-state index in [1.54, 1.807) is 48.5 Å². The highest BCUT2D eigenvalue weighted by molar-refractivity contribution is 6.31. The Bertz CT molecular complexity index is 1330. The monoisotopic (exact) mass is 460 g/mol. The molecule has 0 aliphatic heterocycles. The number of halogens is 2. The zero-order valence-corrected chi connectivity index (χ0v) is 18.7. The largest absolute Gasteiger partial charge is 0.465 e. The molecular formula is C27H18Cl2O3. The molecule has 0 aromatic heterocycles. The minimum Gasteiger partial charge on any atom is -0.465 e. The van der Waals surface area contributed by atoms with Crippen LogP contribution >= 0.6 is 23.2 Å². The van der Waals surface area contributed by atoms with Gasteiger partial charge in [-0.3, -0.25) is 4.79 Å². The van der Waals surface area contributed by atoms with E-state index >= 15 is 0 Å². The van der Waals surface area contributed by atoms with Crippen LogP contribution < -0.4 is 0 Å². The third-order valence-corrected chi connectivity index (χ3v) is 5.60. The van der Waals surface area contributed by atoms with Gasteiger partial charge in [0.25, 0.3) is 0 Å². The first-order valence-electron chi connectivity index (χ1n) is 9.86. The van der Waals surface area contributed by atoms with Gasteiger partial charge in [-0.1, -0.05) is 83.9 Å². The first-order chi connectivity index (χ1) is 15.5. The molecule has 0 heterocycles. The van der Waals surface area contributed by atoms with Gasteiger partial charge in [-0.2, -0.15) is 0 Å². The molecule has 32 heavy (non-hydrogen) atoms. The van der Waals surface area contributed by atoms with Gasteiger partial charge in [0.2, 0.25) is 0 Å². The fourth-order valence-electron chi connectivity index (χ4n) is 3.62. The Morgan fingerprint density at radius 3 is 1.84 bits per heavy atom. The third-order valence-electron chi connectivity index (χ3n) is 5.13. The van der Waals surface area contributed by atoms with Crippen molar-refractivity contribution in [3.63, 3.8) is 0 Å². The maximum absolute atomic E-state index is 13.5. The van der Waals surface area contributed by atoms with Crippen molar-refractivity contribution >= 4 is 35.0 Å². The average Bonchev–Trinajstić information content (AvgIpc) is 2.82. The molecule has 158 valence electrons. The van der Waals surface area contributed by atoms with Crippen molar-refractivity contribution in [2.75, 3.05) is 7.11 Å². The number of rotatable bonds is 5. The Morgan fingerprint density at radius 2 is 1.25 bits per heavy atom. The van der Waals surface area contributed by atoms with Crippen LogP contribution in [0.3, 0.4) is 0 Å². The molecule has 5 heteroatoms. The predicted molar refractivity (Wildman–Crippen MR) is 129 cm³/mol. The maximum atomic E-state index is 13.5. The number of ether oxygens (including phenoxy) is 1. The molecule has 0 aliphatic carbocycles. The molecule has 0 aliphatic rings. The second kappa shape index (κ2) is 9.39. The van der Waals surface area contributed by atoms with E-state index in [4.69, 9.17) is 27.9 Å². The number of methoxy groups -OCH3 is 1. The zero-order valence-electron chi connectivity index (χ0n) is 17.1. The Labute approximate surface area is 196 Å². The second-order valence-electron chi connectivity index (χ2n) is 7.15. The highest BCUT2D eigenvalue weighted by Gasteiger charge is 2.20.